The monoisotopic (exact) mass is 525 g/mol. The van der Waals surface area contributed by atoms with Crippen molar-refractivity contribution in [2.45, 2.75) is 43.7 Å². The molecule has 8 nitrogen and oxygen atoms in total. The predicted octanol–water partition coefficient (Wildman–Crippen LogP) is 5.70. The highest BCUT2D eigenvalue weighted by molar-refractivity contribution is 6.31. The summed E-state index contributed by atoms with van der Waals surface area (Å²) < 4.78 is 25.7. The highest BCUT2D eigenvalue weighted by Crippen LogP contribution is 2.43. The Kier molecular flexibility index (Phi) is 5.92. The summed E-state index contributed by atoms with van der Waals surface area (Å²) in [5, 5.41) is 9.16. The lowest BCUT2D eigenvalue weighted by molar-refractivity contribution is -0.00120. The fourth-order valence-corrected chi connectivity index (χ4v) is 5.22. The first-order chi connectivity index (χ1) is 17.8. The lowest BCUT2D eigenvalue weighted by atomic mass is 9.91. The lowest BCUT2D eigenvalue weighted by Crippen LogP contribution is -2.46. The molecule has 1 spiro atoms. The number of aromatic nitrogens is 1. The van der Waals surface area contributed by atoms with Gasteiger partial charge >= 0.3 is 12.1 Å². The van der Waals surface area contributed by atoms with Gasteiger partial charge < -0.3 is 14.3 Å². The van der Waals surface area contributed by atoms with Crippen molar-refractivity contribution in [3.63, 3.8) is 0 Å². The highest BCUT2D eigenvalue weighted by atomic mass is 35.5. The van der Waals surface area contributed by atoms with Crippen LogP contribution in [0.3, 0.4) is 0 Å². The molecule has 10 heteroatoms. The minimum atomic E-state index is -1.01. The zero-order valence-electron chi connectivity index (χ0n) is 20.0. The minimum Gasteiger partial charge on any atom is -0.478 e. The van der Waals surface area contributed by atoms with Gasteiger partial charge in [0, 0.05) is 49.6 Å². The summed E-state index contributed by atoms with van der Waals surface area (Å²) in [5.41, 5.74) is 1.69. The molecule has 1 saturated carbocycles. The summed E-state index contributed by atoms with van der Waals surface area (Å²) in [5.74, 6) is 0.178. The van der Waals surface area contributed by atoms with E-state index in [0.29, 0.717) is 67.8 Å². The van der Waals surface area contributed by atoms with Crippen LogP contribution in [0.25, 0.3) is 11.3 Å². The number of aromatic carboxylic acids is 1. The number of halogens is 2. The van der Waals surface area contributed by atoms with Crippen LogP contribution in [0, 0.1) is 5.82 Å². The predicted molar refractivity (Wildman–Crippen MR) is 133 cm³/mol. The molecule has 6 rings (SSSR count). The Balaban J connectivity index is 1.15. The molecule has 2 aliphatic heterocycles. The minimum absolute atomic E-state index is 0.0398. The summed E-state index contributed by atoms with van der Waals surface area (Å²) in [7, 11) is 0. The number of hydrogen-bond acceptors (Lipinski definition) is 6. The second-order valence-electron chi connectivity index (χ2n) is 10.00. The summed E-state index contributed by atoms with van der Waals surface area (Å²) in [6.07, 6.45) is 3.01. The molecule has 3 heterocycles. The van der Waals surface area contributed by atoms with Gasteiger partial charge in [0.2, 0.25) is 0 Å². The molecule has 0 radical (unpaired) electrons. The van der Waals surface area contributed by atoms with Crippen LogP contribution in [0.5, 0.6) is 0 Å². The number of likely N-dealkylation sites (tertiary alicyclic amines) is 1. The van der Waals surface area contributed by atoms with Crippen LogP contribution in [0.1, 0.15) is 53.5 Å². The standard InChI is InChI=1S/C27H25ClFN3O5/c28-20-13-18(5-8-21(20)29)23-22(30-24(36-23)16-1-2-16)14-31-11-9-27(10-12-31)15-32(26(35)37-27)19-6-3-17(4-7-19)25(33)34/h3-8,13,16H,1-2,9-12,14-15H2,(H,33,34). The second kappa shape index (κ2) is 9.15. The van der Waals surface area contributed by atoms with Crippen molar-refractivity contribution in [1.82, 2.24) is 9.88 Å². The van der Waals surface area contributed by atoms with E-state index in [-0.39, 0.29) is 10.6 Å². The van der Waals surface area contributed by atoms with E-state index in [4.69, 9.17) is 30.8 Å². The summed E-state index contributed by atoms with van der Waals surface area (Å²) in [6.45, 7) is 2.38. The number of ether oxygens (including phenoxy) is 1. The third-order valence-electron chi connectivity index (χ3n) is 7.36. The molecule has 3 fully saturated rings. The molecule has 1 amide bonds. The van der Waals surface area contributed by atoms with Crippen molar-refractivity contribution in [3.8, 4) is 11.3 Å². The summed E-state index contributed by atoms with van der Waals surface area (Å²) in [4.78, 5) is 32.4. The molecule has 192 valence electrons. The van der Waals surface area contributed by atoms with Crippen molar-refractivity contribution in [3.05, 3.63) is 70.5 Å². The summed E-state index contributed by atoms with van der Waals surface area (Å²) in [6, 6.07) is 10.8. The first-order valence-corrected chi connectivity index (χ1v) is 12.7. The topological polar surface area (TPSA) is 96.1 Å². The first kappa shape index (κ1) is 23.9. The van der Waals surface area contributed by atoms with E-state index >= 15 is 0 Å². The van der Waals surface area contributed by atoms with E-state index < -0.39 is 23.5 Å². The van der Waals surface area contributed by atoms with Gasteiger partial charge in [0.15, 0.2) is 11.7 Å². The van der Waals surface area contributed by atoms with Crippen LogP contribution in [-0.4, -0.2) is 52.3 Å². The molecule has 1 N–H and O–H groups in total. The Bertz CT molecular complexity index is 1360. The van der Waals surface area contributed by atoms with Gasteiger partial charge in [-0.1, -0.05) is 11.6 Å². The molecule has 37 heavy (non-hydrogen) atoms. The molecule has 3 aliphatic rings. The van der Waals surface area contributed by atoms with Crippen molar-refractivity contribution in [1.29, 1.82) is 0 Å². The Labute approximate surface area is 217 Å². The van der Waals surface area contributed by atoms with Crippen LogP contribution in [0.15, 0.2) is 46.9 Å². The third-order valence-corrected chi connectivity index (χ3v) is 7.65. The average molecular weight is 526 g/mol. The zero-order valence-corrected chi connectivity index (χ0v) is 20.7. The number of amides is 1. The zero-order chi connectivity index (χ0) is 25.7. The van der Waals surface area contributed by atoms with Crippen LogP contribution >= 0.6 is 11.6 Å². The average Bonchev–Trinajstić information content (AvgIpc) is 3.58. The van der Waals surface area contributed by atoms with Crippen molar-refractivity contribution in [2.24, 2.45) is 0 Å². The highest BCUT2D eigenvalue weighted by Gasteiger charge is 2.47. The lowest BCUT2D eigenvalue weighted by Gasteiger charge is -2.37. The fraction of sp³-hybridized carbons (Fsp3) is 0.370. The molecule has 3 aromatic rings. The van der Waals surface area contributed by atoms with Gasteiger partial charge in [-0.3, -0.25) is 9.80 Å². The van der Waals surface area contributed by atoms with Crippen LogP contribution in [-0.2, 0) is 11.3 Å². The molecular formula is C27H25ClFN3O5. The fourth-order valence-electron chi connectivity index (χ4n) is 5.04. The smallest absolute Gasteiger partial charge is 0.415 e. The number of carbonyl (C=O) groups is 2. The number of carboxylic acid groups (broad SMARTS) is 1. The summed E-state index contributed by atoms with van der Waals surface area (Å²) >= 11 is 6.03. The van der Waals surface area contributed by atoms with E-state index in [1.54, 1.807) is 29.2 Å². The largest absolute Gasteiger partial charge is 0.478 e. The SMILES string of the molecule is O=C(O)c1ccc(N2CC3(CCN(Cc4nc(C5CC5)oc4-c4ccc(F)c(Cl)c4)CC3)OC2=O)cc1. The number of hydrogen-bond donors (Lipinski definition) is 1. The van der Waals surface area contributed by atoms with Crippen molar-refractivity contribution in [2.75, 3.05) is 24.5 Å². The molecule has 0 unspecified atom stereocenters. The number of oxazole rings is 1. The molecule has 2 aromatic carbocycles. The number of piperidine rings is 1. The van der Waals surface area contributed by atoms with E-state index in [2.05, 4.69) is 4.90 Å². The second-order valence-corrected chi connectivity index (χ2v) is 10.4. The third kappa shape index (κ3) is 4.69. The van der Waals surface area contributed by atoms with Crippen LogP contribution in [0.4, 0.5) is 14.9 Å². The molecule has 0 atom stereocenters. The maximum absolute atomic E-state index is 13.7. The molecule has 2 saturated heterocycles. The molecular weight excluding hydrogens is 501 g/mol. The van der Waals surface area contributed by atoms with Gasteiger partial charge in [-0.2, -0.15) is 0 Å². The van der Waals surface area contributed by atoms with Crippen LogP contribution in [0.2, 0.25) is 5.02 Å². The number of rotatable bonds is 6. The Morgan fingerprint density at radius 2 is 1.89 bits per heavy atom. The molecule has 1 aromatic heterocycles. The Morgan fingerprint density at radius 3 is 2.54 bits per heavy atom. The van der Waals surface area contributed by atoms with E-state index in [1.165, 1.54) is 18.2 Å². The van der Waals surface area contributed by atoms with E-state index in [1.807, 2.05) is 0 Å². The first-order valence-electron chi connectivity index (χ1n) is 12.3. The van der Waals surface area contributed by atoms with E-state index in [0.717, 1.165) is 18.5 Å². The molecule has 0 bridgehead atoms. The molecule has 1 aliphatic carbocycles. The van der Waals surface area contributed by atoms with Gasteiger partial charge in [0.05, 0.1) is 17.1 Å². The quantitative estimate of drug-likeness (QED) is 0.441. The van der Waals surface area contributed by atoms with Gasteiger partial charge in [-0.05, 0) is 55.3 Å². The number of anilines is 1. The van der Waals surface area contributed by atoms with Gasteiger partial charge in [0.25, 0.3) is 0 Å². The number of carboxylic acids is 1. The Hall–Kier alpha value is -3.43. The van der Waals surface area contributed by atoms with Gasteiger partial charge in [-0.25, -0.2) is 19.0 Å². The Morgan fingerprint density at radius 1 is 1.16 bits per heavy atom. The maximum atomic E-state index is 13.7. The van der Waals surface area contributed by atoms with Gasteiger partial charge in [0.1, 0.15) is 17.1 Å². The van der Waals surface area contributed by atoms with Crippen molar-refractivity contribution >= 4 is 29.4 Å². The van der Waals surface area contributed by atoms with Crippen molar-refractivity contribution < 1.29 is 28.2 Å². The number of benzene rings is 2. The maximum Gasteiger partial charge on any atom is 0.415 e. The number of carbonyl (C=O) groups excluding carboxylic acids is 1. The normalized spacial score (nSPS) is 19.4. The number of nitrogens with zero attached hydrogens (tertiary/aromatic N) is 3. The van der Waals surface area contributed by atoms with E-state index in [9.17, 15) is 14.0 Å². The van der Waals surface area contributed by atoms with Gasteiger partial charge in [-0.15, -0.1) is 0 Å². The van der Waals surface area contributed by atoms with Crippen LogP contribution < -0.4 is 4.90 Å².